The Kier molecular flexibility index (Phi) is 4.37. The van der Waals surface area contributed by atoms with Crippen molar-refractivity contribution in [3.05, 3.63) is 0 Å². The number of fused-ring (bicyclic) bond motifs is 2. The molecule has 2 saturated carbocycles. The van der Waals surface area contributed by atoms with E-state index in [-0.39, 0.29) is 5.92 Å². The molecule has 0 spiro atoms. The van der Waals surface area contributed by atoms with Gasteiger partial charge in [-0.2, -0.15) is 11.8 Å². The molecule has 4 heteroatoms. The van der Waals surface area contributed by atoms with Crippen molar-refractivity contribution in [3.8, 4) is 0 Å². The molecule has 3 N–H and O–H groups in total. The molecule has 3 nitrogen and oxygen atoms in total. The Balaban J connectivity index is 1.60. The Labute approximate surface area is 120 Å². The number of carbonyl (C=O) groups excluding carboxylic acids is 1. The van der Waals surface area contributed by atoms with Crippen LogP contribution >= 0.6 is 11.8 Å². The van der Waals surface area contributed by atoms with E-state index < -0.39 is 0 Å². The van der Waals surface area contributed by atoms with Crippen LogP contribution < -0.4 is 11.1 Å². The van der Waals surface area contributed by atoms with Crippen LogP contribution in [0.4, 0.5) is 0 Å². The van der Waals surface area contributed by atoms with E-state index in [1.165, 1.54) is 19.3 Å². The van der Waals surface area contributed by atoms with Crippen molar-refractivity contribution in [1.82, 2.24) is 5.32 Å². The van der Waals surface area contributed by atoms with Gasteiger partial charge in [0.05, 0.1) is 0 Å². The molecule has 1 heterocycles. The standard InChI is InChI=1S/C15H26N2OS/c16-13-8-11-2-1-3-12(9-13)14(11)17-15(18)10-4-6-19-7-5-10/h10-14H,1-9,16H2,(H,17,18). The summed E-state index contributed by atoms with van der Waals surface area (Å²) in [5.74, 6) is 4.20. The summed E-state index contributed by atoms with van der Waals surface area (Å²) in [6.07, 6.45) is 8.21. The van der Waals surface area contributed by atoms with E-state index in [1.54, 1.807) is 0 Å². The van der Waals surface area contributed by atoms with Gasteiger partial charge < -0.3 is 11.1 Å². The predicted molar refractivity (Wildman–Crippen MR) is 80.0 cm³/mol. The molecule has 1 aliphatic heterocycles. The lowest BCUT2D eigenvalue weighted by atomic mass is 9.67. The lowest BCUT2D eigenvalue weighted by Crippen LogP contribution is -2.54. The summed E-state index contributed by atoms with van der Waals surface area (Å²) in [6.45, 7) is 0. The van der Waals surface area contributed by atoms with Crippen LogP contribution in [0.25, 0.3) is 0 Å². The average Bonchev–Trinajstić information content (AvgIpc) is 2.41. The van der Waals surface area contributed by atoms with E-state index >= 15 is 0 Å². The minimum absolute atomic E-state index is 0.276. The summed E-state index contributed by atoms with van der Waals surface area (Å²) in [5, 5.41) is 3.41. The minimum atomic E-state index is 0.276. The van der Waals surface area contributed by atoms with Gasteiger partial charge in [0.1, 0.15) is 0 Å². The molecule has 3 aliphatic rings. The molecule has 2 atom stereocenters. The lowest BCUT2D eigenvalue weighted by molar-refractivity contribution is -0.127. The summed E-state index contributed by atoms with van der Waals surface area (Å²) < 4.78 is 0. The fraction of sp³-hybridized carbons (Fsp3) is 0.933. The zero-order valence-electron chi connectivity index (χ0n) is 11.6. The topological polar surface area (TPSA) is 55.1 Å². The van der Waals surface area contributed by atoms with Gasteiger partial charge in [0, 0.05) is 18.0 Å². The van der Waals surface area contributed by atoms with Crippen LogP contribution in [0.3, 0.4) is 0 Å². The molecule has 3 fully saturated rings. The van der Waals surface area contributed by atoms with Crippen LogP contribution in [0.5, 0.6) is 0 Å². The van der Waals surface area contributed by atoms with E-state index in [0.29, 0.717) is 29.8 Å². The van der Waals surface area contributed by atoms with Gasteiger partial charge in [0.15, 0.2) is 0 Å². The molecular formula is C15H26N2OS. The molecule has 2 bridgehead atoms. The first kappa shape index (κ1) is 13.7. The van der Waals surface area contributed by atoms with Crippen LogP contribution in [0.1, 0.15) is 44.9 Å². The molecule has 19 heavy (non-hydrogen) atoms. The van der Waals surface area contributed by atoms with Crippen molar-refractivity contribution in [2.75, 3.05) is 11.5 Å². The maximum Gasteiger partial charge on any atom is 0.223 e. The van der Waals surface area contributed by atoms with Crippen molar-refractivity contribution in [1.29, 1.82) is 0 Å². The quantitative estimate of drug-likeness (QED) is 0.816. The first-order valence-corrected chi connectivity index (χ1v) is 9.03. The van der Waals surface area contributed by atoms with Gasteiger partial charge in [-0.15, -0.1) is 0 Å². The predicted octanol–water partition coefficient (Wildman–Crippen LogP) is 2.15. The number of rotatable bonds is 2. The van der Waals surface area contributed by atoms with Crippen LogP contribution in [-0.2, 0) is 4.79 Å². The van der Waals surface area contributed by atoms with Crippen LogP contribution in [0.15, 0.2) is 0 Å². The van der Waals surface area contributed by atoms with Gasteiger partial charge in [0.2, 0.25) is 5.91 Å². The minimum Gasteiger partial charge on any atom is -0.353 e. The molecule has 0 radical (unpaired) electrons. The third kappa shape index (κ3) is 3.10. The highest BCUT2D eigenvalue weighted by atomic mass is 32.2. The molecule has 0 aromatic heterocycles. The van der Waals surface area contributed by atoms with Crippen LogP contribution in [0.2, 0.25) is 0 Å². The Morgan fingerprint density at radius 3 is 2.32 bits per heavy atom. The molecule has 108 valence electrons. The molecular weight excluding hydrogens is 256 g/mol. The van der Waals surface area contributed by atoms with Crippen LogP contribution in [-0.4, -0.2) is 29.5 Å². The molecule has 0 aromatic carbocycles. The number of hydrogen-bond acceptors (Lipinski definition) is 3. The highest BCUT2D eigenvalue weighted by Crippen LogP contribution is 2.40. The maximum atomic E-state index is 12.4. The normalized spacial score (nSPS) is 39.8. The number of thioether (sulfide) groups is 1. The summed E-state index contributed by atoms with van der Waals surface area (Å²) in [7, 11) is 0. The van der Waals surface area contributed by atoms with E-state index in [9.17, 15) is 4.79 Å². The average molecular weight is 282 g/mol. The monoisotopic (exact) mass is 282 g/mol. The largest absolute Gasteiger partial charge is 0.353 e. The molecule has 0 aromatic rings. The summed E-state index contributed by atoms with van der Waals surface area (Å²) in [5.41, 5.74) is 6.15. The second kappa shape index (κ2) is 6.04. The first-order valence-electron chi connectivity index (χ1n) is 7.87. The zero-order valence-corrected chi connectivity index (χ0v) is 12.5. The van der Waals surface area contributed by atoms with E-state index in [0.717, 1.165) is 37.2 Å². The Morgan fingerprint density at radius 1 is 1.05 bits per heavy atom. The second-order valence-corrected chi connectivity index (χ2v) is 7.83. The van der Waals surface area contributed by atoms with Crippen molar-refractivity contribution in [2.24, 2.45) is 23.5 Å². The van der Waals surface area contributed by atoms with Gasteiger partial charge in [-0.1, -0.05) is 6.42 Å². The summed E-state index contributed by atoms with van der Waals surface area (Å²) >= 11 is 1.98. The van der Waals surface area contributed by atoms with Gasteiger partial charge >= 0.3 is 0 Å². The summed E-state index contributed by atoms with van der Waals surface area (Å²) in [6, 6.07) is 0.796. The number of nitrogens with two attached hydrogens (primary N) is 1. The van der Waals surface area contributed by atoms with Crippen LogP contribution in [0, 0.1) is 17.8 Å². The van der Waals surface area contributed by atoms with E-state index in [4.69, 9.17) is 5.73 Å². The Hall–Kier alpha value is -0.220. The van der Waals surface area contributed by atoms with E-state index in [2.05, 4.69) is 5.32 Å². The Bertz CT molecular complexity index is 316. The third-order valence-corrected chi connectivity index (χ3v) is 6.33. The highest BCUT2D eigenvalue weighted by Gasteiger charge is 2.40. The Morgan fingerprint density at radius 2 is 1.68 bits per heavy atom. The fourth-order valence-corrected chi connectivity index (χ4v) is 5.37. The number of hydrogen-bond donors (Lipinski definition) is 2. The summed E-state index contributed by atoms with van der Waals surface area (Å²) in [4.78, 5) is 12.4. The van der Waals surface area contributed by atoms with E-state index in [1.807, 2.05) is 11.8 Å². The van der Waals surface area contributed by atoms with Crippen molar-refractivity contribution >= 4 is 17.7 Å². The molecule has 2 unspecified atom stereocenters. The SMILES string of the molecule is NC1CC2CCCC(C1)C2NC(=O)C1CCSCC1. The van der Waals surface area contributed by atoms with Gasteiger partial charge in [0.25, 0.3) is 0 Å². The molecule has 1 amide bonds. The molecule has 3 rings (SSSR count). The van der Waals surface area contributed by atoms with Crippen molar-refractivity contribution in [2.45, 2.75) is 57.0 Å². The van der Waals surface area contributed by atoms with Gasteiger partial charge in [-0.25, -0.2) is 0 Å². The smallest absolute Gasteiger partial charge is 0.223 e. The molecule has 2 aliphatic carbocycles. The lowest BCUT2D eigenvalue weighted by Gasteiger charge is -2.45. The van der Waals surface area contributed by atoms with Gasteiger partial charge in [-0.05, 0) is 61.9 Å². The number of nitrogens with one attached hydrogen (secondary N) is 1. The second-order valence-electron chi connectivity index (χ2n) is 6.60. The number of carbonyl (C=O) groups is 1. The third-order valence-electron chi connectivity index (χ3n) is 5.28. The maximum absolute atomic E-state index is 12.4. The van der Waals surface area contributed by atoms with Gasteiger partial charge in [-0.3, -0.25) is 4.79 Å². The zero-order chi connectivity index (χ0) is 13.2. The fourth-order valence-electron chi connectivity index (χ4n) is 4.27. The molecule has 1 saturated heterocycles. The van der Waals surface area contributed by atoms with Crippen molar-refractivity contribution in [3.63, 3.8) is 0 Å². The van der Waals surface area contributed by atoms with Crippen molar-refractivity contribution < 1.29 is 4.79 Å². The number of amides is 1. The highest BCUT2D eigenvalue weighted by molar-refractivity contribution is 7.99. The first-order chi connectivity index (χ1) is 9.24.